The highest BCUT2D eigenvalue weighted by atomic mass is 15.3. The van der Waals surface area contributed by atoms with E-state index in [0.717, 1.165) is 6.54 Å². The third-order valence-corrected chi connectivity index (χ3v) is 4.27. The first kappa shape index (κ1) is 14.5. The Labute approximate surface area is 118 Å². The molecule has 1 aliphatic heterocycles. The second-order valence-electron chi connectivity index (χ2n) is 6.39. The first-order chi connectivity index (χ1) is 9.00. The van der Waals surface area contributed by atoms with Crippen molar-refractivity contribution in [3.8, 4) is 0 Å². The second kappa shape index (κ2) is 6.06. The van der Waals surface area contributed by atoms with Gasteiger partial charge in [0.25, 0.3) is 0 Å². The summed E-state index contributed by atoms with van der Waals surface area (Å²) < 4.78 is 0. The molecule has 1 saturated heterocycles. The molecule has 1 unspecified atom stereocenters. The summed E-state index contributed by atoms with van der Waals surface area (Å²) in [4.78, 5) is 5.11. The molecule has 0 N–H and O–H groups in total. The molecule has 1 aliphatic rings. The molecule has 1 aromatic rings. The molecule has 0 spiro atoms. The molecular weight excluding hydrogens is 232 g/mol. The van der Waals surface area contributed by atoms with Crippen molar-refractivity contribution >= 4 is 0 Å². The Balaban J connectivity index is 2.36. The van der Waals surface area contributed by atoms with Gasteiger partial charge in [0.15, 0.2) is 0 Å². The van der Waals surface area contributed by atoms with E-state index < -0.39 is 0 Å². The minimum Gasteiger partial charge on any atom is -0.303 e. The van der Waals surface area contributed by atoms with Gasteiger partial charge in [-0.05, 0) is 37.9 Å². The van der Waals surface area contributed by atoms with Gasteiger partial charge in [0.05, 0.1) is 0 Å². The van der Waals surface area contributed by atoms with Gasteiger partial charge in [-0.3, -0.25) is 4.90 Å². The molecule has 0 radical (unpaired) electrons. The normalized spacial score (nSPS) is 22.4. The van der Waals surface area contributed by atoms with E-state index in [-0.39, 0.29) is 0 Å². The summed E-state index contributed by atoms with van der Waals surface area (Å²) in [7, 11) is 2.24. The summed E-state index contributed by atoms with van der Waals surface area (Å²) in [6, 6.07) is 10.1. The molecule has 1 aromatic carbocycles. The Morgan fingerprint density at radius 1 is 1.05 bits per heavy atom. The number of piperazine rings is 1. The average molecular weight is 260 g/mol. The van der Waals surface area contributed by atoms with Crippen molar-refractivity contribution < 1.29 is 0 Å². The monoisotopic (exact) mass is 260 g/mol. The van der Waals surface area contributed by atoms with Crippen LogP contribution >= 0.6 is 0 Å². The smallest absolute Gasteiger partial charge is 0.0481 e. The van der Waals surface area contributed by atoms with Crippen LogP contribution in [0.2, 0.25) is 0 Å². The minimum atomic E-state index is 0.539. The van der Waals surface area contributed by atoms with Gasteiger partial charge in [0.1, 0.15) is 0 Å². The highest BCUT2D eigenvalue weighted by molar-refractivity contribution is 5.33. The number of nitrogens with zero attached hydrogens (tertiary/aromatic N) is 2. The van der Waals surface area contributed by atoms with Crippen LogP contribution in [0.4, 0.5) is 0 Å². The SMILES string of the molecule is CC(C)c1ccccc1C1CN(C)CCN1C(C)C. The first-order valence-electron chi connectivity index (χ1n) is 7.53. The molecule has 0 amide bonds. The van der Waals surface area contributed by atoms with Gasteiger partial charge in [-0.2, -0.15) is 0 Å². The minimum absolute atomic E-state index is 0.539. The van der Waals surface area contributed by atoms with Crippen LogP contribution in [-0.4, -0.2) is 42.5 Å². The van der Waals surface area contributed by atoms with Crippen molar-refractivity contribution in [3.05, 3.63) is 35.4 Å². The van der Waals surface area contributed by atoms with Gasteiger partial charge < -0.3 is 4.90 Å². The number of hydrogen-bond donors (Lipinski definition) is 0. The van der Waals surface area contributed by atoms with Crippen LogP contribution in [-0.2, 0) is 0 Å². The molecule has 0 aliphatic carbocycles. The van der Waals surface area contributed by atoms with E-state index >= 15 is 0 Å². The maximum Gasteiger partial charge on any atom is 0.0481 e. The standard InChI is InChI=1S/C17H28N2/c1-13(2)15-8-6-7-9-16(15)17-12-18(5)10-11-19(17)14(3)4/h6-9,13-14,17H,10-12H2,1-5H3. The maximum absolute atomic E-state index is 2.65. The van der Waals surface area contributed by atoms with Crippen LogP contribution in [0.25, 0.3) is 0 Å². The predicted octanol–water partition coefficient (Wildman–Crippen LogP) is 3.51. The lowest BCUT2D eigenvalue weighted by molar-refractivity contribution is 0.0633. The van der Waals surface area contributed by atoms with Crippen molar-refractivity contribution in [2.24, 2.45) is 0 Å². The quantitative estimate of drug-likeness (QED) is 0.820. The molecule has 0 saturated carbocycles. The van der Waals surface area contributed by atoms with E-state index in [1.165, 1.54) is 24.2 Å². The molecular formula is C17H28N2. The molecule has 106 valence electrons. The Morgan fingerprint density at radius 3 is 2.37 bits per heavy atom. The van der Waals surface area contributed by atoms with Gasteiger partial charge in [-0.15, -0.1) is 0 Å². The van der Waals surface area contributed by atoms with E-state index in [2.05, 4.69) is 68.8 Å². The average Bonchev–Trinajstić information content (AvgIpc) is 2.38. The van der Waals surface area contributed by atoms with Gasteiger partial charge in [0.2, 0.25) is 0 Å². The molecule has 1 heterocycles. The van der Waals surface area contributed by atoms with Crippen LogP contribution in [0, 0.1) is 0 Å². The van der Waals surface area contributed by atoms with Crippen molar-refractivity contribution in [3.63, 3.8) is 0 Å². The number of hydrogen-bond acceptors (Lipinski definition) is 2. The zero-order chi connectivity index (χ0) is 14.0. The molecule has 2 rings (SSSR count). The van der Waals surface area contributed by atoms with E-state index in [1.54, 1.807) is 0 Å². The van der Waals surface area contributed by atoms with Crippen molar-refractivity contribution in [2.45, 2.75) is 45.7 Å². The second-order valence-corrected chi connectivity index (χ2v) is 6.39. The van der Waals surface area contributed by atoms with Crippen molar-refractivity contribution in [2.75, 3.05) is 26.7 Å². The molecule has 19 heavy (non-hydrogen) atoms. The van der Waals surface area contributed by atoms with E-state index in [0.29, 0.717) is 18.0 Å². The summed E-state index contributed by atoms with van der Waals surface area (Å²) in [5.41, 5.74) is 3.03. The van der Waals surface area contributed by atoms with E-state index in [1.807, 2.05) is 0 Å². The van der Waals surface area contributed by atoms with Crippen molar-refractivity contribution in [1.82, 2.24) is 9.80 Å². The lowest BCUT2D eigenvalue weighted by Gasteiger charge is -2.43. The third kappa shape index (κ3) is 3.18. The number of benzene rings is 1. The fraction of sp³-hybridized carbons (Fsp3) is 0.647. The van der Waals surface area contributed by atoms with E-state index in [9.17, 15) is 0 Å². The number of likely N-dealkylation sites (N-methyl/N-ethyl adjacent to an activating group) is 1. The topological polar surface area (TPSA) is 6.48 Å². The first-order valence-corrected chi connectivity index (χ1v) is 7.53. The summed E-state index contributed by atoms with van der Waals surface area (Å²) in [5.74, 6) is 0.595. The van der Waals surface area contributed by atoms with Gasteiger partial charge in [-0.25, -0.2) is 0 Å². The number of rotatable bonds is 3. The van der Waals surface area contributed by atoms with Gasteiger partial charge >= 0.3 is 0 Å². The van der Waals surface area contributed by atoms with Crippen LogP contribution in [0.1, 0.15) is 50.8 Å². The lowest BCUT2D eigenvalue weighted by Crippen LogP contribution is -2.49. The maximum atomic E-state index is 2.65. The Bertz CT molecular complexity index is 411. The van der Waals surface area contributed by atoms with Crippen molar-refractivity contribution in [1.29, 1.82) is 0 Å². The Hall–Kier alpha value is -0.860. The molecule has 0 bridgehead atoms. The Morgan fingerprint density at radius 2 is 1.74 bits per heavy atom. The fourth-order valence-corrected chi connectivity index (χ4v) is 3.17. The van der Waals surface area contributed by atoms with Gasteiger partial charge in [0, 0.05) is 31.7 Å². The zero-order valence-electron chi connectivity index (χ0n) is 13.1. The van der Waals surface area contributed by atoms with Crippen LogP contribution in [0.15, 0.2) is 24.3 Å². The highest BCUT2D eigenvalue weighted by Gasteiger charge is 2.29. The molecule has 1 atom stereocenters. The fourth-order valence-electron chi connectivity index (χ4n) is 3.17. The van der Waals surface area contributed by atoms with Crippen LogP contribution in [0.3, 0.4) is 0 Å². The highest BCUT2D eigenvalue weighted by Crippen LogP contribution is 2.32. The summed E-state index contributed by atoms with van der Waals surface area (Å²) in [6.45, 7) is 12.7. The summed E-state index contributed by atoms with van der Waals surface area (Å²) in [6.07, 6.45) is 0. The van der Waals surface area contributed by atoms with Crippen LogP contribution < -0.4 is 0 Å². The van der Waals surface area contributed by atoms with E-state index in [4.69, 9.17) is 0 Å². The third-order valence-electron chi connectivity index (χ3n) is 4.27. The predicted molar refractivity (Wildman–Crippen MR) is 82.6 cm³/mol. The molecule has 1 fully saturated rings. The molecule has 2 heteroatoms. The molecule has 0 aromatic heterocycles. The summed E-state index contributed by atoms with van der Waals surface area (Å²) >= 11 is 0. The Kier molecular flexibility index (Phi) is 4.64. The zero-order valence-corrected chi connectivity index (χ0v) is 13.1. The molecule has 2 nitrogen and oxygen atoms in total. The van der Waals surface area contributed by atoms with Gasteiger partial charge in [-0.1, -0.05) is 38.1 Å². The summed E-state index contributed by atoms with van der Waals surface area (Å²) in [5, 5.41) is 0. The van der Waals surface area contributed by atoms with Crippen LogP contribution in [0.5, 0.6) is 0 Å². The largest absolute Gasteiger partial charge is 0.303 e. The lowest BCUT2D eigenvalue weighted by atomic mass is 9.90.